The average molecular weight is 311 g/mol. The maximum Gasteiger partial charge on any atom is 0.0896 e. The number of fused-ring (bicyclic) bond motifs is 3. The normalized spacial score (nSPS) is 26.7. The summed E-state index contributed by atoms with van der Waals surface area (Å²) < 4.78 is 6.21. The average Bonchev–Trinajstić information content (AvgIpc) is 2.61. The Hall–Kier alpha value is -1.45. The van der Waals surface area contributed by atoms with Gasteiger partial charge in [0.2, 0.25) is 0 Å². The van der Waals surface area contributed by atoms with E-state index in [0.29, 0.717) is 12.0 Å². The molecule has 22 heavy (non-hydrogen) atoms. The van der Waals surface area contributed by atoms with Gasteiger partial charge in [0.1, 0.15) is 0 Å². The van der Waals surface area contributed by atoms with Crippen LogP contribution in [0.15, 0.2) is 53.4 Å². The number of hydrogen-bond acceptors (Lipinski definition) is 3. The molecule has 2 aliphatic heterocycles. The van der Waals surface area contributed by atoms with E-state index in [1.165, 1.54) is 28.1 Å². The summed E-state index contributed by atoms with van der Waals surface area (Å²) >= 11 is 1.79. The first-order valence-electron chi connectivity index (χ1n) is 7.98. The van der Waals surface area contributed by atoms with Gasteiger partial charge in [0, 0.05) is 28.7 Å². The van der Waals surface area contributed by atoms with E-state index in [-0.39, 0.29) is 6.10 Å². The van der Waals surface area contributed by atoms with Crippen molar-refractivity contribution in [2.75, 3.05) is 18.2 Å². The molecule has 0 radical (unpaired) electrons. The molecule has 2 heterocycles. The molecule has 0 spiro atoms. The summed E-state index contributed by atoms with van der Waals surface area (Å²) in [5, 5.41) is 3.77. The third-order valence-corrected chi connectivity index (χ3v) is 5.56. The van der Waals surface area contributed by atoms with E-state index >= 15 is 0 Å². The molecule has 1 N–H and O–H groups in total. The standard InChI is InChI=1S/C19H21NOS/c1-22-14-9-10-17-16(12-14)19-15(8-5-11-21-19)18(20-17)13-6-3-2-4-7-13/h2-4,6-7,9-10,12,15,18-20H,5,8,11H2,1H3/t15-,18-,19-/m0/s1. The lowest BCUT2D eigenvalue weighted by atomic mass is 9.77. The molecule has 0 aromatic heterocycles. The fraction of sp³-hybridized carbons (Fsp3) is 0.368. The van der Waals surface area contributed by atoms with Gasteiger partial charge >= 0.3 is 0 Å². The predicted molar refractivity (Wildman–Crippen MR) is 92.4 cm³/mol. The third-order valence-electron chi connectivity index (χ3n) is 4.83. The largest absolute Gasteiger partial charge is 0.378 e. The lowest BCUT2D eigenvalue weighted by molar-refractivity contribution is -0.0382. The SMILES string of the molecule is CSc1ccc2c(c1)[C@H]1OCCC[C@H]1[C@H](c1ccccc1)N2. The second-order valence-electron chi connectivity index (χ2n) is 6.08. The van der Waals surface area contributed by atoms with Gasteiger partial charge in [0.15, 0.2) is 0 Å². The van der Waals surface area contributed by atoms with E-state index < -0.39 is 0 Å². The molecule has 0 unspecified atom stereocenters. The van der Waals surface area contributed by atoms with Crippen LogP contribution in [-0.4, -0.2) is 12.9 Å². The van der Waals surface area contributed by atoms with E-state index in [2.05, 4.69) is 60.1 Å². The van der Waals surface area contributed by atoms with Crippen LogP contribution < -0.4 is 5.32 Å². The van der Waals surface area contributed by atoms with Crippen molar-refractivity contribution in [2.24, 2.45) is 5.92 Å². The van der Waals surface area contributed by atoms with Crippen LogP contribution in [0, 0.1) is 5.92 Å². The van der Waals surface area contributed by atoms with Gasteiger partial charge in [-0.05, 0) is 42.9 Å². The molecule has 0 saturated carbocycles. The number of anilines is 1. The van der Waals surface area contributed by atoms with Crippen molar-refractivity contribution in [1.29, 1.82) is 0 Å². The molecule has 4 rings (SSSR count). The topological polar surface area (TPSA) is 21.3 Å². The fourth-order valence-electron chi connectivity index (χ4n) is 3.77. The zero-order valence-corrected chi connectivity index (χ0v) is 13.6. The molecule has 0 aliphatic carbocycles. The molecule has 2 aromatic rings. The smallest absolute Gasteiger partial charge is 0.0896 e. The first kappa shape index (κ1) is 14.2. The number of thioether (sulfide) groups is 1. The molecule has 1 fully saturated rings. The summed E-state index contributed by atoms with van der Waals surface area (Å²) in [6.07, 6.45) is 4.73. The predicted octanol–water partition coefficient (Wildman–Crippen LogP) is 5.04. The summed E-state index contributed by atoms with van der Waals surface area (Å²) in [5.41, 5.74) is 3.93. The molecule has 2 aliphatic rings. The van der Waals surface area contributed by atoms with Crippen molar-refractivity contribution in [3.05, 3.63) is 59.7 Å². The van der Waals surface area contributed by atoms with Crippen LogP contribution in [0.5, 0.6) is 0 Å². The maximum atomic E-state index is 6.21. The molecule has 3 atom stereocenters. The Morgan fingerprint density at radius 1 is 1.14 bits per heavy atom. The van der Waals surface area contributed by atoms with Gasteiger partial charge in [-0.3, -0.25) is 0 Å². The Balaban J connectivity index is 1.77. The van der Waals surface area contributed by atoms with E-state index in [0.717, 1.165) is 13.0 Å². The zero-order valence-electron chi connectivity index (χ0n) is 12.8. The molecular formula is C19H21NOS. The highest BCUT2D eigenvalue weighted by Crippen LogP contribution is 2.49. The number of hydrogen-bond donors (Lipinski definition) is 1. The summed E-state index contributed by atoms with van der Waals surface area (Å²) in [7, 11) is 0. The van der Waals surface area contributed by atoms with E-state index in [4.69, 9.17) is 4.74 Å². The summed E-state index contributed by atoms with van der Waals surface area (Å²) in [5.74, 6) is 0.515. The van der Waals surface area contributed by atoms with Crippen LogP contribution >= 0.6 is 11.8 Å². The molecule has 3 heteroatoms. The summed E-state index contributed by atoms with van der Waals surface area (Å²) in [4.78, 5) is 1.31. The van der Waals surface area contributed by atoms with Gasteiger partial charge < -0.3 is 10.1 Å². The van der Waals surface area contributed by atoms with Gasteiger partial charge in [0.25, 0.3) is 0 Å². The Morgan fingerprint density at radius 2 is 2.00 bits per heavy atom. The van der Waals surface area contributed by atoms with Crippen LogP contribution in [0.1, 0.15) is 36.1 Å². The minimum absolute atomic E-state index is 0.224. The van der Waals surface area contributed by atoms with Crippen LogP contribution in [0.4, 0.5) is 5.69 Å². The lowest BCUT2D eigenvalue weighted by Gasteiger charge is -2.43. The number of nitrogens with one attached hydrogen (secondary N) is 1. The van der Waals surface area contributed by atoms with E-state index in [1.807, 2.05) is 0 Å². The van der Waals surface area contributed by atoms with Crippen molar-refractivity contribution in [1.82, 2.24) is 0 Å². The minimum Gasteiger partial charge on any atom is -0.378 e. The maximum absolute atomic E-state index is 6.21. The zero-order chi connectivity index (χ0) is 14.9. The molecule has 2 nitrogen and oxygen atoms in total. The Kier molecular flexibility index (Phi) is 3.85. The van der Waals surface area contributed by atoms with Gasteiger partial charge in [-0.15, -0.1) is 11.8 Å². The van der Waals surface area contributed by atoms with Crippen LogP contribution in [0.25, 0.3) is 0 Å². The van der Waals surface area contributed by atoms with E-state index in [9.17, 15) is 0 Å². The van der Waals surface area contributed by atoms with Crippen molar-refractivity contribution in [2.45, 2.75) is 29.9 Å². The summed E-state index contributed by atoms with van der Waals surface area (Å²) in [6, 6.07) is 17.8. The first-order valence-corrected chi connectivity index (χ1v) is 9.20. The minimum atomic E-state index is 0.224. The summed E-state index contributed by atoms with van der Waals surface area (Å²) in [6.45, 7) is 0.881. The number of rotatable bonds is 2. The third kappa shape index (κ3) is 2.42. The van der Waals surface area contributed by atoms with Crippen LogP contribution in [-0.2, 0) is 4.74 Å². The lowest BCUT2D eigenvalue weighted by Crippen LogP contribution is -2.36. The Bertz CT molecular complexity index is 658. The van der Waals surface area contributed by atoms with Gasteiger partial charge in [0.05, 0.1) is 12.1 Å². The molecule has 0 bridgehead atoms. The first-order chi connectivity index (χ1) is 10.9. The number of ether oxygens (including phenoxy) is 1. The van der Waals surface area contributed by atoms with Gasteiger partial charge in [-0.1, -0.05) is 30.3 Å². The van der Waals surface area contributed by atoms with Crippen molar-refractivity contribution in [3.63, 3.8) is 0 Å². The highest BCUT2D eigenvalue weighted by atomic mass is 32.2. The fourth-order valence-corrected chi connectivity index (χ4v) is 4.22. The Labute approximate surface area is 136 Å². The molecule has 1 saturated heterocycles. The van der Waals surface area contributed by atoms with Crippen LogP contribution in [0.3, 0.4) is 0 Å². The highest BCUT2D eigenvalue weighted by Gasteiger charge is 2.39. The van der Waals surface area contributed by atoms with Gasteiger partial charge in [-0.2, -0.15) is 0 Å². The Morgan fingerprint density at radius 3 is 2.82 bits per heavy atom. The second-order valence-corrected chi connectivity index (χ2v) is 6.96. The molecule has 0 amide bonds. The second kappa shape index (κ2) is 5.98. The van der Waals surface area contributed by atoms with Crippen molar-refractivity contribution in [3.8, 4) is 0 Å². The van der Waals surface area contributed by atoms with E-state index in [1.54, 1.807) is 11.8 Å². The van der Waals surface area contributed by atoms with Crippen LogP contribution in [0.2, 0.25) is 0 Å². The highest BCUT2D eigenvalue weighted by molar-refractivity contribution is 7.98. The van der Waals surface area contributed by atoms with Gasteiger partial charge in [-0.25, -0.2) is 0 Å². The number of benzene rings is 2. The van der Waals surface area contributed by atoms with Crippen molar-refractivity contribution >= 4 is 17.4 Å². The molecule has 2 aromatic carbocycles. The monoisotopic (exact) mass is 311 g/mol. The molecule has 114 valence electrons. The quantitative estimate of drug-likeness (QED) is 0.785. The van der Waals surface area contributed by atoms with Crippen molar-refractivity contribution < 1.29 is 4.74 Å². The molecular weight excluding hydrogens is 290 g/mol.